The van der Waals surface area contributed by atoms with Gasteiger partial charge < -0.3 is 0 Å². The van der Waals surface area contributed by atoms with E-state index in [1.807, 2.05) is 47.5 Å². The highest BCUT2D eigenvalue weighted by atomic mass is 32.2. The second kappa shape index (κ2) is 3.37. The first-order valence-corrected chi connectivity index (χ1v) is 7.67. The first kappa shape index (κ1) is 10.00. The lowest BCUT2D eigenvalue weighted by Crippen LogP contribution is -2.30. The fourth-order valence-corrected chi connectivity index (χ4v) is 5.40. The molecule has 1 aliphatic rings. The van der Waals surface area contributed by atoms with Crippen LogP contribution in [0.3, 0.4) is 0 Å². The first-order chi connectivity index (χ1) is 9.42. The highest BCUT2D eigenvalue weighted by Crippen LogP contribution is 2.41. The zero-order valence-corrected chi connectivity index (χ0v) is 11.5. The highest BCUT2D eigenvalue weighted by Gasteiger charge is 2.33. The lowest BCUT2D eigenvalue weighted by Gasteiger charge is -1.88. The van der Waals surface area contributed by atoms with Crippen LogP contribution in [0.1, 0.15) is 5.56 Å². The van der Waals surface area contributed by atoms with Crippen LogP contribution in [0.4, 0.5) is 0 Å². The molecule has 0 spiro atoms. The van der Waals surface area contributed by atoms with Crippen LogP contribution >= 0.6 is 22.7 Å². The van der Waals surface area contributed by atoms with Gasteiger partial charge in [-0.3, -0.25) is 9.97 Å². The number of pyridine rings is 2. The van der Waals surface area contributed by atoms with Gasteiger partial charge in [-0.1, -0.05) is 11.3 Å². The average molecular weight is 282 g/mol. The summed E-state index contributed by atoms with van der Waals surface area (Å²) >= 11 is 3.74. The number of thiazole rings is 1. The Morgan fingerprint density at radius 1 is 1.05 bits per heavy atom. The smallest absolute Gasteiger partial charge is 0.264 e. The molecule has 0 aliphatic carbocycles. The fourth-order valence-electron chi connectivity index (χ4n) is 2.76. The van der Waals surface area contributed by atoms with Crippen LogP contribution in [-0.2, 0) is 6.54 Å². The number of nitrogens with zero attached hydrogens (tertiary/aromatic N) is 3. The van der Waals surface area contributed by atoms with Crippen LogP contribution in [0.25, 0.3) is 30.2 Å². The van der Waals surface area contributed by atoms with Gasteiger partial charge in [0.15, 0.2) is 10.6 Å². The lowest BCUT2D eigenvalue weighted by atomic mass is 10.2. The maximum atomic E-state index is 4.28. The Hall–Kier alpha value is -1.85. The van der Waals surface area contributed by atoms with Crippen molar-refractivity contribution < 1.29 is 4.57 Å². The van der Waals surface area contributed by atoms with Gasteiger partial charge in [0.25, 0.3) is 5.01 Å². The molecule has 0 radical (unpaired) electrons. The largest absolute Gasteiger partial charge is 0.271 e. The molecule has 0 bridgehead atoms. The molecule has 0 atom stereocenters. The molecule has 5 heterocycles. The second-order valence-corrected chi connectivity index (χ2v) is 6.95. The van der Waals surface area contributed by atoms with Crippen LogP contribution in [0, 0.1) is 0 Å². The summed E-state index contributed by atoms with van der Waals surface area (Å²) < 4.78 is 5.12. The Balaban J connectivity index is 1.94. The molecule has 0 saturated carbocycles. The Morgan fingerprint density at radius 3 is 2.95 bits per heavy atom. The van der Waals surface area contributed by atoms with Crippen molar-refractivity contribution in [3.05, 3.63) is 42.5 Å². The number of fused-ring (bicyclic) bond motifs is 7. The number of hydrogen-bond donors (Lipinski definition) is 0. The summed E-state index contributed by atoms with van der Waals surface area (Å²) in [5.74, 6) is 0. The topological polar surface area (TPSA) is 29.7 Å². The third-order valence-corrected chi connectivity index (χ3v) is 6.07. The van der Waals surface area contributed by atoms with E-state index < -0.39 is 0 Å². The van der Waals surface area contributed by atoms with Crippen molar-refractivity contribution in [2.75, 3.05) is 0 Å². The van der Waals surface area contributed by atoms with E-state index in [9.17, 15) is 0 Å². The molecule has 5 rings (SSSR count). The quantitative estimate of drug-likeness (QED) is 0.408. The molecule has 0 fully saturated rings. The van der Waals surface area contributed by atoms with Crippen molar-refractivity contribution in [1.82, 2.24) is 9.97 Å². The molecular weight excluding hydrogens is 274 g/mol. The molecule has 1 aliphatic heterocycles. The van der Waals surface area contributed by atoms with Gasteiger partial charge in [-0.05, 0) is 12.1 Å². The van der Waals surface area contributed by atoms with Crippen molar-refractivity contribution in [2.24, 2.45) is 0 Å². The Morgan fingerprint density at radius 2 is 1.95 bits per heavy atom. The third-order valence-electron chi connectivity index (χ3n) is 3.60. The summed E-state index contributed by atoms with van der Waals surface area (Å²) in [6, 6.07) is 4.22. The van der Waals surface area contributed by atoms with Crippen molar-refractivity contribution in [1.29, 1.82) is 0 Å². The van der Waals surface area contributed by atoms with E-state index in [1.54, 1.807) is 0 Å². The monoisotopic (exact) mass is 282 g/mol. The Labute approximate surface area is 116 Å². The molecular formula is C14H8N3S2+. The van der Waals surface area contributed by atoms with E-state index in [4.69, 9.17) is 0 Å². The summed E-state index contributed by atoms with van der Waals surface area (Å²) in [4.78, 5) is 8.51. The SMILES string of the molecule is c1cc2c(cn1)C[n+]1c-2sc2sc3ccncc3c21. The van der Waals surface area contributed by atoms with Crippen LogP contribution in [0.5, 0.6) is 0 Å². The summed E-state index contributed by atoms with van der Waals surface area (Å²) in [7, 11) is 0. The molecule has 0 unspecified atom stereocenters. The Kier molecular flexibility index (Phi) is 1.78. The van der Waals surface area contributed by atoms with Crippen LogP contribution in [-0.4, -0.2) is 9.97 Å². The van der Waals surface area contributed by atoms with Crippen molar-refractivity contribution in [3.63, 3.8) is 0 Å². The molecule has 0 saturated heterocycles. The van der Waals surface area contributed by atoms with E-state index in [-0.39, 0.29) is 0 Å². The van der Waals surface area contributed by atoms with Gasteiger partial charge in [-0.25, -0.2) is 0 Å². The van der Waals surface area contributed by atoms with Crippen molar-refractivity contribution in [2.45, 2.75) is 6.54 Å². The Bertz CT molecular complexity index is 952. The fraction of sp³-hybridized carbons (Fsp3) is 0.0714. The molecule has 0 amide bonds. The number of thiophene rings is 1. The average Bonchev–Trinajstić information content (AvgIpc) is 3.05. The van der Waals surface area contributed by atoms with E-state index >= 15 is 0 Å². The van der Waals surface area contributed by atoms with Gasteiger partial charge in [0, 0.05) is 35.1 Å². The van der Waals surface area contributed by atoms with E-state index in [0.717, 1.165) is 6.54 Å². The maximum Gasteiger partial charge on any atom is 0.271 e. The minimum atomic E-state index is 0.930. The van der Waals surface area contributed by atoms with Gasteiger partial charge in [-0.15, -0.1) is 11.3 Å². The lowest BCUT2D eigenvalue weighted by molar-refractivity contribution is -0.641. The van der Waals surface area contributed by atoms with Gasteiger partial charge in [0.1, 0.15) is 0 Å². The van der Waals surface area contributed by atoms with Gasteiger partial charge in [0.2, 0.25) is 5.52 Å². The normalized spacial score (nSPS) is 13.1. The highest BCUT2D eigenvalue weighted by molar-refractivity contribution is 7.42. The number of rotatable bonds is 0. The van der Waals surface area contributed by atoms with E-state index in [0.29, 0.717) is 0 Å². The molecule has 90 valence electrons. The van der Waals surface area contributed by atoms with Gasteiger partial charge in [0.05, 0.1) is 10.9 Å². The number of aromatic nitrogens is 3. The molecule has 5 heteroatoms. The molecule has 4 aromatic heterocycles. The second-order valence-electron chi connectivity index (χ2n) is 4.64. The van der Waals surface area contributed by atoms with Gasteiger partial charge in [-0.2, -0.15) is 4.57 Å². The summed E-state index contributed by atoms with van der Waals surface area (Å²) in [5, 5.41) is 2.62. The minimum Gasteiger partial charge on any atom is -0.264 e. The minimum absolute atomic E-state index is 0.930. The van der Waals surface area contributed by atoms with Crippen molar-refractivity contribution >= 4 is 42.3 Å². The first-order valence-electron chi connectivity index (χ1n) is 6.04. The predicted molar refractivity (Wildman–Crippen MR) is 77.5 cm³/mol. The van der Waals surface area contributed by atoms with Gasteiger partial charge >= 0.3 is 0 Å². The predicted octanol–water partition coefficient (Wildman–Crippen LogP) is 3.22. The van der Waals surface area contributed by atoms with Crippen LogP contribution in [0.2, 0.25) is 0 Å². The van der Waals surface area contributed by atoms with Crippen LogP contribution < -0.4 is 4.57 Å². The standard InChI is InChI=1S/C14H8N3S2/c1-3-15-5-8-7-17-12-10-6-16-4-2-11(10)18-14(12)19-13(17)9(1)8/h1-6H,7H2/q+1. The summed E-state index contributed by atoms with van der Waals surface area (Å²) in [5.41, 5.74) is 3.99. The summed E-state index contributed by atoms with van der Waals surface area (Å²) in [6.07, 6.45) is 7.71. The zero-order valence-electron chi connectivity index (χ0n) is 9.83. The van der Waals surface area contributed by atoms with E-state index in [1.165, 1.54) is 35.8 Å². The van der Waals surface area contributed by atoms with Crippen molar-refractivity contribution in [3.8, 4) is 10.6 Å². The third kappa shape index (κ3) is 1.19. The molecule has 19 heavy (non-hydrogen) atoms. The van der Waals surface area contributed by atoms with Crippen LogP contribution in [0.15, 0.2) is 36.9 Å². The number of hydrogen-bond acceptors (Lipinski definition) is 4. The van der Waals surface area contributed by atoms with E-state index in [2.05, 4.69) is 26.7 Å². The molecule has 3 nitrogen and oxygen atoms in total. The summed E-state index contributed by atoms with van der Waals surface area (Å²) in [6.45, 7) is 0.930. The molecule has 4 aromatic rings. The maximum absolute atomic E-state index is 4.28. The molecule has 0 N–H and O–H groups in total. The zero-order chi connectivity index (χ0) is 12.4. The molecule has 0 aromatic carbocycles.